The Morgan fingerprint density at radius 2 is 2.05 bits per heavy atom. The zero-order chi connectivity index (χ0) is 14.5. The van der Waals surface area contributed by atoms with Gasteiger partial charge in [0.25, 0.3) is 0 Å². The molecule has 0 radical (unpaired) electrons. The summed E-state index contributed by atoms with van der Waals surface area (Å²) in [5.74, 6) is -0.445. The molecule has 19 heavy (non-hydrogen) atoms. The third-order valence-electron chi connectivity index (χ3n) is 2.51. The summed E-state index contributed by atoms with van der Waals surface area (Å²) < 4.78 is 28.8. The number of hydrogen-bond acceptors (Lipinski definition) is 4. The van der Waals surface area contributed by atoms with Gasteiger partial charge in [-0.3, -0.25) is 0 Å². The van der Waals surface area contributed by atoms with E-state index in [1.54, 1.807) is 45.0 Å². The third-order valence-corrected chi connectivity index (χ3v) is 4.66. The van der Waals surface area contributed by atoms with E-state index in [-0.39, 0.29) is 4.90 Å². The third kappa shape index (κ3) is 4.21. The summed E-state index contributed by atoms with van der Waals surface area (Å²) in [6.45, 7) is 5.30. The summed E-state index contributed by atoms with van der Waals surface area (Å²) in [6, 6.07) is 6.48. The van der Waals surface area contributed by atoms with Crippen molar-refractivity contribution >= 4 is 21.9 Å². The first-order chi connectivity index (χ1) is 8.87. The Kier molecular flexibility index (Phi) is 5.30. The lowest BCUT2D eigenvalue weighted by Crippen LogP contribution is -2.13. The molecule has 1 aromatic carbocycles. The number of esters is 1. The molecular formula is C14H18O4S. The monoisotopic (exact) mass is 282 g/mol. The summed E-state index contributed by atoms with van der Waals surface area (Å²) in [6.07, 6.45) is 2.82. The van der Waals surface area contributed by atoms with Crippen molar-refractivity contribution in [2.45, 2.75) is 30.9 Å². The van der Waals surface area contributed by atoms with Crippen molar-refractivity contribution in [1.29, 1.82) is 0 Å². The van der Waals surface area contributed by atoms with E-state index in [0.29, 0.717) is 12.2 Å². The largest absolute Gasteiger partial charge is 0.463 e. The Hall–Kier alpha value is -1.62. The van der Waals surface area contributed by atoms with Crippen LogP contribution in [0.15, 0.2) is 35.2 Å². The molecule has 0 aliphatic carbocycles. The molecule has 0 aliphatic rings. The molecule has 0 amide bonds. The minimum atomic E-state index is -3.30. The standard InChI is InChI=1S/C14H18O4S/c1-4-18-14(15)9-8-12-6-5-7-13(10-12)19(16,17)11(2)3/h5-11H,4H2,1-3H3. The van der Waals surface area contributed by atoms with Crippen molar-refractivity contribution < 1.29 is 17.9 Å². The van der Waals surface area contributed by atoms with Gasteiger partial charge in [0.1, 0.15) is 0 Å². The van der Waals surface area contributed by atoms with Crippen LogP contribution in [0.1, 0.15) is 26.3 Å². The van der Waals surface area contributed by atoms with E-state index in [4.69, 9.17) is 4.74 Å². The molecule has 1 aromatic rings. The topological polar surface area (TPSA) is 60.4 Å². The van der Waals surface area contributed by atoms with Crippen LogP contribution in [0.25, 0.3) is 6.08 Å². The highest BCUT2D eigenvalue weighted by molar-refractivity contribution is 7.92. The molecule has 0 atom stereocenters. The van der Waals surface area contributed by atoms with Crippen LogP contribution >= 0.6 is 0 Å². The molecule has 0 bridgehead atoms. The minimum absolute atomic E-state index is 0.258. The predicted molar refractivity (Wildman–Crippen MR) is 74.4 cm³/mol. The maximum atomic E-state index is 12.0. The molecule has 104 valence electrons. The average molecular weight is 282 g/mol. The molecule has 5 heteroatoms. The molecule has 1 rings (SSSR count). The number of ether oxygens (including phenoxy) is 1. The van der Waals surface area contributed by atoms with E-state index in [1.807, 2.05) is 0 Å². The Morgan fingerprint density at radius 3 is 2.63 bits per heavy atom. The summed E-state index contributed by atoms with van der Waals surface area (Å²) in [5, 5.41) is -0.475. The number of hydrogen-bond donors (Lipinski definition) is 0. The van der Waals surface area contributed by atoms with Crippen LogP contribution < -0.4 is 0 Å². The fourth-order valence-electron chi connectivity index (χ4n) is 1.42. The highest BCUT2D eigenvalue weighted by atomic mass is 32.2. The predicted octanol–water partition coefficient (Wildman–Crippen LogP) is 2.45. The van der Waals surface area contributed by atoms with E-state index in [9.17, 15) is 13.2 Å². The van der Waals surface area contributed by atoms with E-state index in [0.717, 1.165) is 0 Å². The quantitative estimate of drug-likeness (QED) is 0.615. The Balaban J connectivity index is 2.99. The van der Waals surface area contributed by atoms with Gasteiger partial charge in [-0.15, -0.1) is 0 Å². The molecule has 0 heterocycles. The lowest BCUT2D eigenvalue weighted by Gasteiger charge is -2.08. The summed E-state index contributed by atoms with van der Waals surface area (Å²) in [5.41, 5.74) is 0.648. The van der Waals surface area contributed by atoms with Crippen LogP contribution in [0.4, 0.5) is 0 Å². The molecule has 0 spiro atoms. The molecule has 0 saturated carbocycles. The Bertz CT molecular complexity index is 571. The summed E-state index contributed by atoms with van der Waals surface area (Å²) in [7, 11) is -3.30. The first kappa shape index (κ1) is 15.4. The Morgan fingerprint density at radius 1 is 1.37 bits per heavy atom. The summed E-state index contributed by atoms with van der Waals surface area (Å²) >= 11 is 0. The molecule has 0 N–H and O–H groups in total. The van der Waals surface area contributed by atoms with Gasteiger partial charge in [-0.2, -0.15) is 0 Å². The highest BCUT2D eigenvalue weighted by Gasteiger charge is 2.18. The van der Waals surface area contributed by atoms with Crippen molar-refractivity contribution in [3.8, 4) is 0 Å². The molecule has 0 aromatic heterocycles. The summed E-state index contributed by atoms with van der Waals surface area (Å²) in [4.78, 5) is 11.4. The van der Waals surface area contributed by atoms with E-state index in [2.05, 4.69) is 0 Å². The first-order valence-corrected chi connectivity index (χ1v) is 7.61. The SMILES string of the molecule is CCOC(=O)C=Cc1cccc(S(=O)(=O)C(C)C)c1. The lowest BCUT2D eigenvalue weighted by molar-refractivity contribution is -0.137. The smallest absolute Gasteiger partial charge is 0.330 e. The molecular weight excluding hydrogens is 264 g/mol. The van der Waals surface area contributed by atoms with Crippen molar-refractivity contribution in [2.75, 3.05) is 6.61 Å². The van der Waals surface area contributed by atoms with Crippen molar-refractivity contribution in [3.63, 3.8) is 0 Å². The van der Waals surface area contributed by atoms with Gasteiger partial charge >= 0.3 is 5.97 Å². The van der Waals surface area contributed by atoms with Gasteiger partial charge in [0.15, 0.2) is 9.84 Å². The van der Waals surface area contributed by atoms with Crippen molar-refractivity contribution in [3.05, 3.63) is 35.9 Å². The molecule has 0 saturated heterocycles. The second-order valence-corrected chi connectivity index (χ2v) is 6.76. The van der Waals surface area contributed by atoms with Gasteiger partial charge in [0, 0.05) is 6.08 Å². The lowest BCUT2D eigenvalue weighted by atomic mass is 10.2. The number of rotatable bonds is 5. The zero-order valence-corrected chi connectivity index (χ0v) is 12.1. The van der Waals surface area contributed by atoms with Crippen molar-refractivity contribution in [1.82, 2.24) is 0 Å². The fraction of sp³-hybridized carbons (Fsp3) is 0.357. The Labute approximate surface area is 114 Å². The van der Waals surface area contributed by atoms with Crippen molar-refractivity contribution in [2.24, 2.45) is 0 Å². The maximum absolute atomic E-state index is 12.0. The number of benzene rings is 1. The normalized spacial score (nSPS) is 12.0. The van der Waals surface area contributed by atoms with Crippen LogP contribution in [0.2, 0.25) is 0 Å². The van der Waals surface area contributed by atoms with Gasteiger partial charge in [-0.1, -0.05) is 12.1 Å². The van der Waals surface area contributed by atoms with Crippen LogP contribution in [0.5, 0.6) is 0 Å². The molecule has 0 aliphatic heterocycles. The zero-order valence-electron chi connectivity index (χ0n) is 11.3. The fourth-order valence-corrected chi connectivity index (χ4v) is 2.53. The first-order valence-electron chi connectivity index (χ1n) is 6.06. The van der Waals surface area contributed by atoms with E-state index in [1.165, 1.54) is 12.2 Å². The minimum Gasteiger partial charge on any atom is -0.463 e. The highest BCUT2D eigenvalue weighted by Crippen LogP contribution is 2.17. The van der Waals surface area contributed by atoms with Gasteiger partial charge in [-0.05, 0) is 44.5 Å². The molecule has 0 unspecified atom stereocenters. The number of sulfone groups is 1. The molecule has 0 fully saturated rings. The van der Waals surface area contributed by atoms with Crippen LogP contribution in [0, 0.1) is 0 Å². The van der Waals surface area contributed by atoms with Crippen LogP contribution in [-0.4, -0.2) is 26.2 Å². The van der Waals surface area contributed by atoms with Gasteiger partial charge in [0.05, 0.1) is 16.8 Å². The second kappa shape index (κ2) is 6.52. The second-order valence-electron chi connectivity index (χ2n) is 4.25. The molecule has 4 nitrogen and oxygen atoms in total. The number of carbonyl (C=O) groups excluding carboxylic acids is 1. The van der Waals surface area contributed by atoms with Crippen LogP contribution in [-0.2, 0) is 19.4 Å². The van der Waals surface area contributed by atoms with Gasteiger partial charge in [-0.25, -0.2) is 13.2 Å². The van der Waals surface area contributed by atoms with E-state index >= 15 is 0 Å². The van der Waals surface area contributed by atoms with Gasteiger partial charge in [0.2, 0.25) is 0 Å². The van der Waals surface area contributed by atoms with Gasteiger partial charge < -0.3 is 4.74 Å². The van der Waals surface area contributed by atoms with E-state index < -0.39 is 21.1 Å². The number of carbonyl (C=O) groups is 1. The average Bonchev–Trinajstić information content (AvgIpc) is 2.37. The van der Waals surface area contributed by atoms with Crippen LogP contribution in [0.3, 0.4) is 0 Å². The maximum Gasteiger partial charge on any atom is 0.330 e.